The van der Waals surface area contributed by atoms with Crippen molar-refractivity contribution in [3.8, 4) is 17.2 Å². The predicted octanol–water partition coefficient (Wildman–Crippen LogP) is 3.08. The van der Waals surface area contributed by atoms with E-state index >= 15 is 0 Å². The molecule has 0 saturated heterocycles. The Bertz CT molecular complexity index is 762. The van der Waals surface area contributed by atoms with E-state index < -0.39 is 5.91 Å². The number of hydrazone groups is 1. The van der Waals surface area contributed by atoms with Crippen LogP contribution in [0, 0.1) is 0 Å². The zero-order valence-electron chi connectivity index (χ0n) is 13.2. The van der Waals surface area contributed by atoms with Crippen LogP contribution in [-0.4, -0.2) is 30.4 Å². The summed E-state index contributed by atoms with van der Waals surface area (Å²) in [4.78, 5) is 11.8. The molecule has 0 unspecified atom stereocenters. The molecule has 7 heteroatoms. The molecule has 0 fully saturated rings. The molecule has 0 aliphatic carbocycles. The van der Waals surface area contributed by atoms with Crippen LogP contribution in [0.2, 0.25) is 0 Å². The molecule has 0 heterocycles. The Hall–Kier alpha value is -2.54. The summed E-state index contributed by atoms with van der Waals surface area (Å²) in [6, 6.07) is 12.0. The average Bonchev–Trinajstić information content (AvgIpc) is 2.58. The van der Waals surface area contributed by atoms with Gasteiger partial charge in [0.15, 0.2) is 18.1 Å². The van der Waals surface area contributed by atoms with Crippen molar-refractivity contribution in [2.75, 3.05) is 13.7 Å². The number of halogens is 1. The second-order valence-electron chi connectivity index (χ2n) is 4.83. The Morgan fingerprint density at radius 1 is 1.25 bits per heavy atom. The van der Waals surface area contributed by atoms with E-state index in [9.17, 15) is 9.90 Å². The number of ether oxygens (including phenoxy) is 2. The van der Waals surface area contributed by atoms with Gasteiger partial charge in [-0.2, -0.15) is 5.10 Å². The van der Waals surface area contributed by atoms with Crippen molar-refractivity contribution in [2.45, 2.75) is 6.92 Å². The minimum Gasteiger partial charge on any atom is -0.507 e. The maximum absolute atomic E-state index is 11.8. The fourth-order valence-corrected chi connectivity index (χ4v) is 2.26. The number of phenols is 1. The first-order valence-corrected chi connectivity index (χ1v) is 7.88. The first kappa shape index (κ1) is 17.8. The van der Waals surface area contributed by atoms with Crippen molar-refractivity contribution in [2.24, 2.45) is 5.10 Å². The molecule has 2 aromatic carbocycles. The second kappa shape index (κ2) is 8.35. The summed E-state index contributed by atoms with van der Waals surface area (Å²) in [6.07, 6.45) is 0. The first-order valence-electron chi connectivity index (χ1n) is 7.09. The van der Waals surface area contributed by atoms with Crippen LogP contribution in [0.5, 0.6) is 17.2 Å². The maximum atomic E-state index is 11.8. The highest BCUT2D eigenvalue weighted by Crippen LogP contribution is 2.30. The molecular weight excluding hydrogens is 376 g/mol. The minimum absolute atomic E-state index is 0.101. The number of nitrogens with zero attached hydrogens (tertiary/aromatic N) is 1. The maximum Gasteiger partial charge on any atom is 0.277 e. The smallest absolute Gasteiger partial charge is 0.277 e. The van der Waals surface area contributed by atoms with Gasteiger partial charge < -0.3 is 14.6 Å². The van der Waals surface area contributed by atoms with Crippen molar-refractivity contribution >= 4 is 27.5 Å². The third kappa shape index (κ3) is 4.73. The van der Waals surface area contributed by atoms with E-state index in [1.807, 2.05) is 0 Å². The average molecular weight is 393 g/mol. The molecule has 2 rings (SSSR count). The Labute approximate surface area is 148 Å². The van der Waals surface area contributed by atoms with Crippen LogP contribution in [0.25, 0.3) is 0 Å². The van der Waals surface area contributed by atoms with E-state index in [1.54, 1.807) is 49.4 Å². The number of benzene rings is 2. The highest BCUT2D eigenvalue weighted by molar-refractivity contribution is 9.10. The van der Waals surface area contributed by atoms with Crippen molar-refractivity contribution < 1.29 is 19.4 Å². The van der Waals surface area contributed by atoms with Crippen LogP contribution in [0.4, 0.5) is 0 Å². The van der Waals surface area contributed by atoms with Crippen LogP contribution < -0.4 is 14.9 Å². The van der Waals surface area contributed by atoms with Crippen LogP contribution in [0.3, 0.4) is 0 Å². The Morgan fingerprint density at radius 2 is 2.00 bits per heavy atom. The SMILES string of the molecule is COc1cc(Br)ccc1OCC(=O)NN=C(C)c1ccccc1O. The normalized spacial score (nSPS) is 11.0. The number of nitrogens with one attached hydrogen (secondary N) is 1. The van der Waals surface area contributed by atoms with Crippen LogP contribution in [0.1, 0.15) is 12.5 Å². The highest BCUT2D eigenvalue weighted by atomic mass is 79.9. The number of amides is 1. The summed E-state index contributed by atoms with van der Waals surface area (Å²) in [7, 11) is 1.52. The topological polar surface area (TPSA) is 80.2 Å². The molecule has 6 nitrogen and oxygen atoms in total. The standard InChI is InChI=1S/C17H17BrN2O4/c1-11(13-5-3-4-6-14(13)21)19-20-17(22)10-24-15-8-7-12(18)9-16(15)23-2/h3-9,21H,10H2,1-2H3,(H,20,22). The van der Waals surface area contributed by atoms with E-state index in [2.05, 4.69) is 26.5 Å². The molecule has 0 aliphatic rings. The van der Waals surface area contributed by atoms with Gasteiger partial charge in [0.2, 0.25) is 0 Å². The molecular formula is C17H17BrN2O4. The molecule has 24 heavy (non-hydrogen) atoms. The van der Waals surface area contributed by atoms with Gasteiger partial charge in [0, 0.05) is 10.0 Å². The molecule has 0 saturated carbocycles. The van der Waals surface area contributed by atoms with E-state index in [0.29, 0.717) is 22.8 Å². The molecule has 0 aliphatic heterocycles. The Kier molecular flexibility index (Phi) is 6.20. The van der Waals surface area contributed by atoms with Gasteiger partial charge in [0.1, 0.15) is 5.75 Å². The monoisotopic (exact) mass is 392 g/mol. The molecule has 0 aromatic heterocycles. The van der Waals surface area contributed by atoms with Crippen LogP contribution in [-0.2, 0) is 4.79 Å². The lowest BCUT2D eigenvalue weighted by atomic mass is 10.1. The van der Waals surface area contributed by atoms with Gasteiger partial charge in [-0.25, -0.2) is 5.43 Å². The summed E-state index contributed by atoms with van der Waals surface area (Å²) >= 11 is 3.33. The minimum atomic E-state index is -0.422. The quantitative estimate of drug-likeness (QED) is 0.584. The van der Waals surface area contributed by atoms with E-state index in [4.69, 9.17) is 9.47 Å². The van der Waals surface area contributed by atoms with Gasteiger partial charge in [-0.05, 0) is 37.3 Å². The summed E-state index contributed by atoms with van der Waals surface area (Å²) in [6.45, 7) is 1.48. The number of phenolic OH excluding ortho intramolecular Hbond substituents is 1. The second-order valence-corrected chi connectivity index (χ2v) is 5.75. The van der Waals surface area contributed by atoms with Gasteiger partial charge in [-0.15, -0.1) is 0 Å². The third-order valence-electron chi connectivity index (χ3n) is 3.13. The molecule has 0 bridgehead atoms. The van der Waals surface area contributed by atoms with E-state index in [0.717, 1.165) is 4.47 Å². The van der Waals surface area contributed by atoms with Gasteiger partial charge >= 0.3 is 0 Å². The summed E-state index contributed by atoms with van der Waals surface area (Å²) in [5.74, 6) is 0.655. The molecule has 2 N–H and O–H groups in total. The van der Waals surface area contributed by atoms with Crippen molar-refractivity contribution in [3.05, 3.63) is 52.5 Å². The number of carbonyl (C=O) groups is 1. The molecule has 2 aromatic rings. The van der Waals surface area contributed by atoms with Crippen LogP contribution in [0.15, 0.2) is 52.0 Å². The molecule has 0 spiro atoms. The number of para-hydroxylation sites is 1. The van der Waals surface area contributed by atoms with Crippen LogP contribution >= 0.6 is 15.9 Å². The zero-order valence-corrected chi connectivity index (χ0v) is 14.8. The number of hydrogen-bond acceptors (Lipinski definition) is 5. The van der Waals surface area contributed by atoms with Crippen molar-refractivity contribution in [3.63, 3.8) is 0 Å². The zero-order chi connectivity index (χ0) is 17.5. The fourth-order valence-electron chi connectivity index (χ4n) is 1.92. The predicted molar refractivity (Wildman–Crippen MR) is 94.6 cm³/mol. The van der Waals surface area contributed by atoms with Crippen molar-refractivity contribution in [1.82, 2.24) is 5.43 Å². The lowest BCUT2D eigenvalue weighted by Gasteiger charge is -2.10. The van der Waals surface area contributed by atoms with E-state index in [-0.39, 0.29) is 12.4 Å². The highest BCUT2D eigenvalue weighted by Gasteiger charge is 2.09. The largest absolute Gasteiger partial charge is 0.507 e. The lowest BCUT2D eigenvalue weighted by molar-refractivity contribution is -0.123. The van der Waals surface area contributed by atoms with Crippen molar-refractivity contribution in [1.29, 1.82) is 0 Å². The number of hydrogen-bond donors (Lipinski definition) is 2. The van der Waals surface area contributed by atoms with Gasteiger partial charge in [-0.3, -0.25) is 4.79 Å². The molecule has 0 atom stereocenters. The molecule has 126 valence electrons. The number of aromatic hydroxyl groups is 1. The third-order valence-corrected chi connectivity index (χ3v) is 3.62. The summed E-state index contributed by atoms with van der Waals surface area (Å²) in [5, 5.41) is 13.7. The van der Waals surface area contributed by atoms with Gasteiger partial charge in [-0.1, -0.05) is 28.1 Å². The number of rotatable bonds is 6. The summed E-state index contributed by atoms with van der Waals surface area (Å²) in [5.41, 5.74) is 3.43. The van der Waals surface area contributed by atoms with Gasteiger partial charge in [0.25, 0.3) is 5.91 Å². The summed E-state index contributed by atoms with van der Waals surface area (Å²) < 4.78 is 11.5. The molecule has 1 amide bonds. The number of carbonyl (C=O) groups excluding carboxylic acids is 1. The van der Waals surface area contributed by atoms with E-state index in [1.165, 1.54) is 7.11 Å². The lowest BCUT2D eigenvalue weighted by Crippen LogP contribution is -2.25. The molecule has 0 radical (unpaired) electrons. The Balaban J connectivity index is 1.94. The first-order chi connectivity index (χ1) is 11.5. The fraction of sp³-hybridized carbons (Fsp3) is 0.176. The Morgan fingerprint density at radius 3 is 2.71 bits per heavy atom. The number of methoxy groups -OCH3 is 1. The van der Waals surface area contributed by atoms with Gasteiger partial charge in [0.05, 0.1) is 12.8 Å².